The van der Waals surface area contributed by atoms with Gasteiger partial charge in [0.15, 0.2) is 0 Å². The van der Waals surface area contributed by atoms with Crippen molar-refractivity contribution in [2.45, 2.75) is 102 Å². The standard InChI is InChI=1S/C45H56N2O4/c1-33(2)39(44(50,29-35-19-9-5-10-20-35)30-36-21-11-6-12-22-36)47(42(49)43(41(46)48)27-17-18-28-43)40(34(3)4)45(51,31-37-23-13-7-14-24-37)32-38-25-15-8-16-26-38/h5-16,19-26,33-34,39-40,50-51H,17-18,27-32H2,1-4H3,(H2,46,48). The molecule has 6 heteroatoms. The third-order valence-electron chi connectivity index (χ3n) is 10.9. The molecule has 4 aromatic rings. The molecule has 1 saturated carbocycles. The molecule has 2 amide bonds. The number of carbonyl (C=O) groups is 2. The molecule has 2 atom stereocenters. The predicted molar refractivity (Wildman–Crippen MR) is 205 cm³/mol. The third kappa shape index (κ3) is 8.62. The molecule has 0 aromatic heterocycles. The van der Waals surface area contributed by atoms with Gasteiger partial charge in [-0.05, 0) is 46.9 Å². The van der Waals surface area contributed by atoms with Crippen molar-refractivity contribution >= 4 is 11.8 Å². The van der Waals surface area contributed by atoms with Gasteiger partial charge in [0.2, 0.25) is 11.8 Å². The Morgan fingerprint density at radius 1 is 0.588 bits per heavy atom. The molecule has 0 saturated heterocycles. The van der Waals surface area contributed by atoms with Crippen molar-refractivity contribution in [2.24, 2.45) is 23.0 Å². The van der Waals surface area contributed by atoms with Crippen LogP contribution in [0.1, 0.15) is 75.6 Å². The van der Waals surface area contributed by atoms with E-state index in [0.29, 0.717) is 25.7 Å². The molecule has 0 spiro atoms. The average molecular weight is 689 g/mol. The Bertz CT molecular complexity index is 1500. The fourth-order valence-corrected chi connectivity index (χ4v) is 8.96. The molecule has 0 bridgehead atoms. The summed E-state index contributed by atoms with van der Waals surface area (Å²) in [7, 11) is 0. The summed E-state index contributed by atoms with van der Waals surface area (Å²) in [4.78, 5) is 31.1. The molecule has 4 N–H and O–H groups in total. The maximum atomic E-state index is 15.7. The number of rotatable bonds is 16. The smallest absolute Gasteiger partial charge is 0.238 e. The van der Waals surface area contributed by atoms with Crippen LogP contribution in [0.3, 0.4) is 0 Å². The number of nitrogens with two attached hydrogens (primary N) is 1. The van der Waals surface area contributed by atoms with E-state index >= 15 is 4.79 Å². The minimum Gasteiger partial charge on any atom is -0.387 e. The lowest BCUT2D eigenvalue weighted by Crippen LogP contribution is -2.71. The van der Waals surface area contributed by atoms with Gasteiger partial charge in [0.25, 0.3) is 0 Å². The Kier molecular flexibility index (Phi) is 12.2. The van der Waals surface area contributed by atoms with Gasteiger partial charge in [-0.25, -0.2) is 0 Å². The van der Waals surface area contributed by atoms with Crippen LogP contribution in [0.5, 0.6) is 0 Å². The molecular formula is C45H56N2O4. The fraction of sp³-hybridized carbons (Fsp3) is 0.422. The second-order valence-electron chi connectivity index (χ2n) is 15.6. The maximum absolute atomic E-state index is 15.7. The van der Waals surface area contributed by atoms with Crippen LogP contribution in [-0.2, 0) is 35.3 Å². The number of hydrogen-bond acceptors (Lipinski definition) is 4. The van der Waals surface area contributed by atoms with Gasteiger partial charge in [0.05, 0.1) is 23.3 Å². The molecule has 1 fully saturated rings. The average Bonchev–Trinajstić information content (AvgIpc) is 3.61. The van der Waals surface area contributed by atoms with Crippen molar-refractivity contribution in [3.05, 3.63) is 144 Å². The molecule has 0 aliphatic heterocycles. The second-order valence-corrected chi connectivity index (χ2v) is 15.6. The Labute approximate surface area is 304 Å². The Morgan fingerprint density at radius 3 is 1.10 bits per heavy atom. The minimum absolute atomic E-state index is 0.263. The summed E-state index contributed by atoms with van der Waals surface area (Å²) in [5, 5.41) is 26.8. The normalized spacial score (nSPS) is 15.8. The summed E-state index contributed by atoms with van der Waals surface area (Å²) in [6.07, 6.45) is 3.16. The first-order chi connectivity index (χ1) is 24.4. The van der Waals surface area contributed by atoms with Crippen LogP contribution >= 0.6 is 0 Å². The van der Waals surface area contributed by atoms with Crippen molar-refractivity contribution in [3.8, 4) is 0 Å². The summed E-state index contributed by atoms with van der Waals surface area (Å²) in [6.45, 7) is 8.12. The van der Waals surface area contributed by atoms with Gasteiger partial charge in [-0.2, -0.15) is 0 Å². The van der Waals surface area contributed by atoms with Gasteiger partial charge in [0, 0.05) is 25.7 Å². The van der Waals surface area contributed by atoms with Gasteiger partial charge in [-0.1, -0.05) is 162 Å². The summed E-state index contributed by atoms with van der Waals surface area (Å²) < 4.78 is 0. The molecule has 0 radical (unpaired) electrons. The number of hydrogen-bond donors (Lipinski definition) is 3. The van der Waals surface area contributed by atoms with Crippen molar-refractivity contribution in [3.63, 3.8) is 0 Å². The van der Waals surface area contributed by atoms with Crippen molar-refractivity contribution < 1.29 is 19.8 Å². The Hall–Kier alpha value is -4.26. The highest BCUT2D eigenvalue weighted by Gasteiger charge is 2.58. The fourth-order valence-electron chi connectivity index (χ4n) is 8.96. The lowest BCUT2D eigenvalue weighted by molar-refractivity contribution is -0.178. The quantitative estimate of drug-likeness (QED) is 0.107. The van der Waals surface area contributed by atoms with E-state index in [1.807, 2.05) is 149 Å². The molecular weight excluding hydrogens is 633 g/mol. The van der Waals surface area contributed by atoms with Crippen LogP contribution in [0.15, 0.2) is 121 Å². The van der Waals surface area contributed by atoms with Gasteiger partial charge >= 0.3 is 0 Å². The van der Waals surface area contributed by atoms with E-state index in [2.05, 4.69) is 0 Å². The van der Waals surface area contributed by atoms with E-state index in [4.69, 9.17) is 5.73 Å². The minimum atomic E-state index is -1.49. The van der Waals surface area contributed by atoms with Crippen LogP contribution in [0, 0.1) is 17.3 Å². The van der Waals surface area contributed by atoms with Crippen molar-refractivity contribution in [1.29, 1.82) is 0 Å². The molecule has 6 nitrogen and oxygen atoms in total. The molecule has 0 heterocycles. The van der Waals surface area contributed by atoms with Crippen LogP contribution < -0.4 is 5.73 Å². The summed E-state index contributed by atoms with van der Waals surface area (Å²) in [6, 6.07) is 37.9. The number of nitrogens with zero attached hydrogens (tertiary/aromatic N) is 1. The summed E-state index contributed by atoms with van der Waals surface area (Å²) >= 11 is 0. The topological polar surface area (TPSA) is 104 Å². The highest BCUT2D eigenvalue weighted by Crippen LogP contribution is 2.45. The van der Waals surface area contributed by atoms with Gasteiger partial charge < -0.3 is 20.8 Å². The third-order valence-corrected chi connectivity index (χ3v) is 10.9. The molecule has 51 heavy (non-hydrogen) atoms. The molecule has 5 rings (SSSR count). The number of amides is 2. The van der Waals surface area contributed by atoms with Gasteiger partial charge in [-0.3, -0.25) is 9.59 Å². The van der Waals surface area contributed by atoms with E-state index in [-0.39, 0.29) is 43.4 Å². The van der Waals surface area contributed by atoms with Crippen molar-refractivity contribution in [2.75, 3.05) is 0 Å². The van der Waals surface area contributed by atoms with E-state index in [1.165, 1.54) is 0 Å². The molecule has 1 aliphatic carbocycles. The van der Waals surface area contributed by atoms with E-state index in [1.54, 1.807) is 4.90 Å². The lowest BCUT2D eigenvalue weighted by Gasteiger charge is -2.55. The zero-order valence-corrected chi connectivity index (χ0v) is 30.7. The zero-order valence-electron chi connectivity index (χ0n) is 30.7. The highest BCUT2D eigenvalue weighted by molar-refractivity contribution is 6.05. The van der Waals surface area contributed by atoms with Crippen LogP contribution in [-0.4, -0.2) is 50.2 Å². The Balaban J connectivity index is 1.78. The van der Waals surface area contributed by atoms with E-state index in [9.17, 15) is 15.0 Å². The van der Waals surface area contributed by atoms with Crippen LogP contribution in [0.4, 0.5) is 0 Å². The predicted octanol–water partition coefficient (Wildman–Crippen LogP) is 7.34. The first-order valence-electron chi connectivity index (χ1n) is 18.6. The molecule has 1 aliphatic rings. The summed E-state index contributed by atoms with van der Waals surface area (Å²) in [5.41, 5.74) is 5.56. The largest absolute Gasteiger partial charge is 0.387 e. The van der Waals surface area contributed by atoms with Crippen molar-refractivity contribution in [1.82, 2.24) is 4.90 Å². The molecule has 270 valence electrons. The second kappa shape index (κ2) is 16.4. The highest BCUT2D eigenvalue weighted by atomic mass is 16.3. The first kappa shape index (κ1) is 38.0. The van der Waals surface area contributed by atoms with E-state index < -0.39 is 34.6 Å². The number of aliphatic hydroxyl groups is 2. The monoisotopic (exact) mass is 688 g/mol. The summed E-state index contributed by atoms with van der Waals surface area (Å²) in [5.74, 6) is -1.55. The number of carbonyl (C=O) groups excluding carboxylic acids is 2. The number of primary amides is 1. The SMILES string of the molecule is CC(C)C(N(C(=O)C1(C(N)=O)CCCC1)C(C(C)C)C(O)(Cc1ccccc1)Cc1ccccc1)C(O)(Cc1ccccc1)Cc1ccccc1. The van der Waals surface area contributed by atoms with Crippen LogP contribution in [0.25, 0.3) is 0 Å². The number of benzene rings is 4. The zero-order chi connectivity index (χ0) is 36.6. The van der Waals surface area contributed by atoms with Crippen LogP contribution in [0.2, 0.25) is 0 Å². The first-order valence-corrected chi connectivity index (χ1v) is 18.6. The maximum Gasteiger partial charge on any atom is 0.238 e. The lowest BCUT2D eigenvalue weighted by atomic mass is 9.70. The van der Waals surface area contributed by atoms with Gasteiger partial charge in [-0.15, -0.1) is 0 Å². The Morgan fingerprint density at radius 2 is 0.863 bits per heavy atom. The molecule has 2 unspecified atom stereocenters. The molecule has 4 aromatic carbocycles. The van der Waals surface area contributed by atoms with Gasteiger partial charge in [0.1, 0.15) is 5.41 Å². The van der Waals surface area contributed by atoms with E-state index in [0.717, 1.165) is 22.3 Å².